The van der Waals surface area contributed by atoms with E-state index >= 15 is 0 Å². The molecule has 2 aromatic carbocycles. The Hall–Kier alpha value is -2.39. The lowest BCUT2D eigenvalue weighted by atomic mass is 9.78. The molecule has 1 saturated heterocycles. The van der Waals surface area contributed by atoms with Gasteiger partial charge in [0, 0.05) is 22.6 Å². The molecule has 11 heteroatoms. The molecular weight excluding hydrogens is 573 g/mol. The highest BCUT2D eigenvalue weighted by atomic mass is 32.2. The van der Waals surface area contributed by atoms with E-state index in [1.807, 2.05) is 40.7 Å². The van der Waals surface area contributed by atoms with Crippen molar-refractivity contribution < 1.29 is 23.3 Å². The van der Waals surface area contributed by atoms with Gasteiger partial charge in [-0.15, -0.1) is 0 Å². The average molecular weight is 616 g/mol. The van der Waals surface area contributed by atoms with E-state index in [4.69, 9.17) is 24.8 Å². The summed E-state index contributed by atoms with van der Waals surface area (Å²) >= 11 is 1.33. The van der Waals surface area contributed by atoms with Gasteiger partial charge in [-0.25, -0.2) is 4.79 Å². The SMILES string of the molecule is CC[Si](CC)(CC)O[C@H](C)[C@H]1C(=O)N2C(C(=O)OP)=C(COc3cccc4c(CCSC(=N)N)cccc34)[C@H](C)[C@H]12. The van der Waals surface area contributed by atoms with Crippen LogP contribution in [0, 0.1) is 17.2 Å². The molecule has 3 N–H and O–H groups in total. The highest BCUT2D eigenvalue weighted by Gasteiger charge is 2.61. The Morgan fingerprint density at radius 1 is 1.15 bits per heavy atom. The summed E-state index contributed by atoms with van der Waals surface area (Å²) in [5.41, 5.74) is 7.72. The van der Waals surface area contributed by atoms with E-state index in [2.05, 4.69) is 39.8 Å². The van der Waals surface area contributed by atoms with Crippen molar-refractivity contribution in [3.8, 4) is 5.75 Å². The molecular formula is C30H42N3O5PSSi. The molecule has 5 atom stereocenters. The van der Waals surface area contributed by atoms with Crippen molar-refractivity contribution in [2.75, 3.05) is 12.4 Å². The van der Waals surface area contributed by atoms with Crippen LogP contribution < -0.4 is 10.5 Å². The number of thioether (sulfide) groups is 1. The summed E-state index contributed by atoms with van der Waals surface area (Å²) in [6.07, 6.45) is 0.555. The minimum atomic E-state index is -1.91. The second-order valence-electron chi connectivity index (χ2n) is 10.9. The van der Waals surface area contributed by atoms with Gasteiger partial charge >= 0.3 is 5.97 Å². The number of rotatable bonds is 13. The Bertz CT molecular complexity index is 1340. The van der Waals surface area contributed by atoms with Crippen molar-refractivity contribution in [1.29, 1.82) is 5.41 Å². The summed E-state index contributed by atoms with van der Waals surface area (Å²) in [7, 11) is 0.0989. The maximum atomic E-state index is 13.5. The minimum absolute atomic E-state index is 0.0841. The van der Waals surface area contributed by atoms with Gasteiger partial charge in [0.15, 0.2) is 13.5 Å². The van der Waals surface area contributed by atoms with Gasteiger partial charge in [0.25, 0.3) is 0 Å². The first-order valence-electron chi connectivity index (χ1n) is 14.4. The highest BCUT2D eigenvalue weighted by Crippen LogP contribution is 2.49. The minimum Gasteiger partial charge on any atom is -0.488 e. The number of nitrogens with two attached hydrogens (primary N) is 1. The molecule has 0 aromatic heterocycles. The van der Waals surface area contributed by atoms with Gasteiger partial charge in [-0.1, -0.05) is 69.8 Å². The number of aryl methyl sites for hydroxylation is 1. The van der Waals surface area contributed by atoms with Gasteiger partial charge in [0.1, 0.15) is 18.1 Å². The van der Waals surface area contributed by atoms with Crippen LogP contribution in [0.25, 0.3) is 10.8 Å². The molecule has 41 heavy (non-hydrogen) atoms. The zero-order chi connectivity index (χ0) is 29.9. The third-order valence-corrected chi connectivity index (χ3v) is 14.6. The summed E-state index contributed by atoms with van der Waals surface area (Å²) in [5.74, 6) is 0.403. The van der Waals surface area contributed by atoms with E-state index in [1.54, 1.807) is 4.90 Å². The van der Waals surface area contributed by atoms with E-state index in [0.29, 0.717) is 5.75 Å². The number of hydrogen-bond acceptors (Lipinski definition) is 7. The summed E-state index contributed by atoms with van der Waals surface area (Å²) in [5, 5.41) is 9.63. The lowest BCUT2D eigenvalue weighted by Gasteiger charge is -2.49. The van der Waals surface area contributed by atoms with Gasteiger partial charge < -0.3 is 24.3 Å². The van der Waals surface area contributed by atoms with E-state index in [9.17, 15) is 9.59 Å². The second-order valence-corrected chi connectivity index (χ2v) is 17.0. The largest absolute Gasteiger partial charge is 0.488 e. The molecule has 1 amide bonds. The Balaban J connectivity index is 1.58. The lowest BCUT2D eigenvalue weighted by molar-refractivity contribution is -0.161. The van der Waals surface area contributed by atoms with E-state index < -0.39 is 14.3 Å². The quantitative estimate of drug-likeness (QED) is 0.0953. The highest BCUT2D eigenvalue weighted by molar-refractivity contribution is 8.13. The molecule has 1 unspecified atom stereocenters. The number of nitrogens with one attached hydrogen (secondary N) is 1. The molecule has 2 heterocycles. The number of amides is 1. The summed E-state index contributed by atoms with van der Waals surface area (Å²) in [6, 6.07) is 14.9. The first-order chi connectivity index (χ1) is 19.6. The summed E-state index contributed by atoms with van der Waals surface area (Å²) in [6.45, 7) is 10.8. The van der Waals surface area contributed by atoms with Crippen LogP contribution in [0.4, 0.5) is 0 Å². The van der Waals surface area contributed by atoms with E-state index in [1.165, 1.54) is 11.8 Å². The monoisotopic (exact) mass is 615 g/mol. The van der Waals surface area contributed by atoms with Gasteiger partial charge in [-0.2, -0.15) is 0 Å². The fourth-order valence-corrected chi connectivity index (χ4v) is 10.0. The number of β-lactam (4-membered cyclic amide) rings is 1. The molecule has 2 aliphatic heterocycles. The van der Waals surface area contributed by atoms with Crippen LogP contribution in [0.5, 0.6) is 5.75 Å². The average Bonchev–Trinajstić information content (AvgIpc) is 3.21. The Morgan fingerprint density at radius 3 is 2.44 bits per heavy atom. The van der Waals surface area contributed by atoms with Crippen molar-refractivity contribution in [3.63, 3.8) is 0 Å². The molecule has 0 bridgehead atoms. The van der Waals surface area contributed by atoms with E-state index in [0.717, 1.165) is 52.2 Å². The van der Waals surface area contributed by atoms with Crippen molar-refractivity contribution in [3.05, 3.63) is 53.2 Å². The van der Waals surface area contributed by atoms with Crippen LogP contribution in [0.15, 0.2) is 47.7 Å². The Labute approximate surface area is 250 Å². The first-order valence-corrected chi connectivity index (χ1v) is 18.4. The number of carbonyl (C=O) groups excluding carboxylic acids is 2. The molecule has 2 aromatic rings. The predicted molar refractivity (Wildman–Crippen MR) is 171 cm³/mol. The zero-order valence-electron chi connectivity index (χ0n) is 24.6. The molecule has 0 aliphatic carbocycles. The predicted octanol–water partition coefficient (Wildman–Crippen LogP) is 5.86. The molecule has 0 spiro atoms. The number of nitrogens with zero attached hydrogens (tertiary/aromatic N) is 1. The zero-order valence-corrected chi connectivity index (χ0v) is 27.5. The molecule has 0 saturated carbocycles. The number of hydrogen-bond donors (Lipinski definition) is 2. The molecule has 0 radical (unpaired) electrons. The summed E-state index contributed by atoms with van der Waals surface area (Å²) < 4.78 is 18.1. The first kappa shape index (κ1) is 31.5. The number of amidine groups is 1. The van der Waals surface area contributed by atoms with Gasteiger partial charge in [-0.05, 0) is 48.5 Å². The van der Waals surface area contributed by atoms with Gasteiger partial charge in [0.05, 0.1) is 27.5 Å². The van der Waals surface area contributed by atoms with Crippen LogP contribution in [0.3, 0.4) is 0 Å². The third-order valence-electron chi connectivity index (χ3n) is 8.96. The van der Waals surface area contributed by atoms with Crippen molar-refractivity contribution in [1.82, 2.24) is 4.90 Å². The van der Waals surface area contributed by atoms with Crippen molar-refractivity contribution >= 4 is 57.4 Å². The molecule has 8 nitrogen and oxygen atoms in total. The maximum absolute atomic E-state index is 13.5. The van der Waals surface area contributed by atoms with Crippen LogP contribution in [0.1, 0.15) is 40.2 Å². The summed E-state index contributed by atoms with van der Waals surface area (Å²) in [4.78, 5) is 28.1. The fraction of sp³-hybridized carbons (Fsp3) is 0.500. The number of benzene rings is 2. The Morgan fingerprint density at radius 2 is 1.80 bits per heavy atom. The molecule has 1 fully saturated rings. The van der Waals surface area contributed by atoms with Crippen LogP contribution in [0.2, 0.25) is 18.1 Å². The van der Waals surface area contributed by atoms with E-state index in [-0.39, 0.29) is 47.4 Å². The standard InChI is InChI=1S/C30H42N3O5PSSi/c1-6-41(7-2,8-3)38-19(5)25-26-18(4)23(27(29(35)37-39)33(26)28(25)34)17-36-24-14-10-12-21-20(11-9-13-22(21)24)15-16-40-30(31)32/h9-14,18-19,25-26H,6-8,15-17,39H2,1-5H3,(H3,31,32)/t18-,19+,25+,26+/m0/s1. The third kappa shape index (κ3) is 6.07. The second kappa shape index (κ2) is 13.3. The van der Waals surface area contributed by atoms with Gasteiger partial charge in [0.2, 0.25) is 5.91 Å². The lowest BCUT2D eigenvalue weighted by Crippen LogP contribution is -2.65. The normalized spacial score (nSPS) is 21.1. The molecule has 222 valence electrons. The molecule has 4 rings (SSSR count). The van der Waals surface area contributed by atoms with Crippen LogP contribution in [-0.4, -0.2) is 54.8 Å². The van der Waals surface area contributed by atoms with Crippen LogP contribution >= 0.6 is 21.2 Å². The fourth-order valence-electron chi connectivity index (χ4n) is 6.45. The number of ether oxygens (including phenoxy) is 1. The van der Waals surface area contributed by atoms with Crippen LogP contribution in [-0.2, 0) is 25.0 Å². The van der Waals surface area contributed by atoms with Crippen molar-refractivity contribution in [2.24, 2.45) is 17.6 Å². The molecule has 2 aliphatic rings. The van der Waals surface area contributed by atoms with Crippen molar-refractivity contribution in [2.45, 2.75) is 71.3 Å². The smallest absolute Gasteiger partial charge is 0.357 e. The Kier molecular flexibility index (Phi) is 10.2. The maximum Gasteiger partial charge on any atom is 0.357 e. The van der Waals surface area contributed by atoms with Gasteiger partial charge in [-0.3, -0.25) is 10.2 Å². The number of fused-ring (bicyclic) bond motifs is 2. The topological polar surface area (TPSA) is 115 Å². The number of carbonyl (C=O) groups is 2.